The van der Waals surface area contributed by atoms with Gasteiger partial charge in [0, 0.05) is 17.1 Å². The topological polar surface area (TPSA) is 70.2 Å². The molecule has 1 aromatic rings. The first-order valence-corrected chi connectivity index (χ1v) is 7.82. The fraction of sp³-hybridized carbons (Fsp3) is 0.429. The zero-order valence-electron chi connectivity index (χ0n) is 11.8. The third-order valence-electron chi connectivity index (χ3n) is 3.16. The summed E-state index contributed by atoms with van der Waals surface area (Å²) in [5.74, 6) is -2.71. The van der Waals surface area contributed by atoms with Gasteiger partial charge in [0.15, 0.2) is 0 Å². The summed E-state index contributed by atoms with van der Waals surface area (Å²) in [6.45, 7) is 0.617. The summed E-state index contributed by atoms with van der Waals surface area (Å²) in [5.41, 5.74) is 0.400. The van der Waals surface area contributed by atoms with Crippen LogP contribution in [0.15, 0.2) is 29.2 Å². The Bertz CT molecular complexity index is 543. The van der Waals surface area contributed by atoms with Crippen molar-refractivity contribution in [3.63, 3.8) is 0 Å². The van der Waals surface area contributed by atoms with E-state index in [1.807, 2.05) is 0 Å². The molecule has 1 aliphatic rings. The van der Waals surface area contributed by atoms with Gasteiger partial charge in [0.1, 0.15) is 6.04 Å². The van der Waals surface area contributed by atoms with Gasteiger partial charge in [-0.05, 0) is 37.5 Å². The Labute approximate surface area is 131 Å². The van der Waals surface area contributed by atoms with Gasteiger partial charge in [-0.2, -0.15) is 8.78 Å². The van der Waals surface area contributed by atoms with E-state index in [1.165, 1.54) is 6.07 Å². The maximum atomic E-state index is 12.3. The van der Waals surface area contributed by atoms with Gasteiger partial charge in [-0.25, -0.2) is 4.79 Å². The van der Waals surface area contributed by atoms with E-state index in [4.69, 9.17) is 0 Å². The molecule has 0 spiro atoms. The van der Waals surface area contributed by atoms with Crippen LogP contribution in [0.5, 0.6) is 0 Å². The number of hydrogen-bond acceptors (Lipinski definition) is 3. The molecule has 22 heavy (non-hydrogen) atoms. The fourth-order valence-electron chi connectivity index (χ4n) is 2.15. The first-order valence-electron chi connectivity index (χ1n) is 6.95. The lowest BCUT2D eigenvalue weighted by molar-refractivity contribution is -0.122. The Balaban J connectivity index is 1.92. The Kier molecular flexibility index (Phi) is 6.00. The van der Waals surface area contributed by atoms with Crippen LogP contribution in [0.4, 0.5) is 19.3 Å². The lowest BCUT2D eigenvalue weighted by atomic mass is 10.1. The number of amides is 3. The lowest BCUT2D eigenvalue weighted by Crippen LogP contribution is -2.47. The van der Waals surface area contributed by atoms with Gasteiger partial charge in [-0.15, -0.1) is 0 Å². The molecule has 1 heterocycles. The molecule has 0 aromatic heterocycles. The average molecular weight is 329 g/mol. The second kappa shape index (κ2) is 7.98. The first-order chi connectivity index (χ1) is 10.5. The molecule has 3 amide bonds. The number of carbonyl (C=O) groups excluding carboxylic acids is 2. The van der Waals surface area contributed by atoms with Crippen molar-refractivity contribution in [1.29, 1.82) is 0 Å². The molecule has 2 rings (SSSR count). The average Bonchev–Trinajstić information content (AvgIpc) is 2.64. The molecule has 0 bridgehead atoms. The predicted octanol–water partition coefficient (Wildman–Crippen LogP) is 2.79. The number of halogens is 2. The molecule has 120 valence electrons. The van der Waals surface area contributed by atoms with Crippen molar-refractivity contribution >= 4 is 29.4 Å². The minimum Gasteiger partial charge on any atom is -0.354 e. The van der Waals surface area contributed by atoms with Crippen LogP contribution in [0.1, 0.15) is 19.3 Å². The first kappa shape index (κ1) is 16.5. The fourth-order valence-corrected chi connectivity index (χ4v) is 2.71. The Hall–Kier alpha value is -1.83. The zero-order chi connectivity index (χ0) is 15.9. The molecule has 0 unspecified atom stereocenters. The monoisotopic (exact) mass is 329 g/mol. The summed E-state index contributed by atoms with van der Waals surface area (Å²) in [6.07, 6.45) is 2.32. The molecule has 1 aliphatic heterocycles. The molecule has 1 fully saturated rings. The van der Waals surface area contributed by atoms with Crippen LogP contribution in [0, 0.1) is 0 Å². The quantitative estimate of drug-likeness (QED) is 0.744. The van der Waals surface area contributed by atoms with Gasteiger partial charge in [-0.1, -0.05) is 17.8 Å². The number of hydrogen-bond donors (Lipinski definition) is 3. The van der Waals surface area contributed by atoms with Crippen LogP contribution >= 0.6 is 11.8 Å². The van der Waals surface area contributed by atoms with Gasteiger partial charge >= 0.3 is 6.03 Å². The number of alkyl halides is 2. The van der Waals surface area contributed by atoms with Crippen LogP contribution in [-0.4, -0.2) is 30.3 Å². The maximum absolute atomic E-state index is 12.3. The highest BCUT2D eigenvalue weighted by Crippen LogP contribution is 2.27. The van der Waals surface area contributed by atoms with E-state index in [-0.39, 0.29) is 5.91 Å². The second-order valence-corrected chi connectivity index (χ2v) is 5.91. The minimum absolute atomic E-state index is 0.199. The van der Waals surface area contributed by atoms with E-state index in [0.717, 1.165) is 12.8 Å². The summed E-state index contributed by atoms with van der Waals surface area (Å²) in [7, 11) is 0. The predicted molar refractivity (Wildman–Crippen MR) is 81.1 cm³/mol. The van der Waals surface area contributed by atoms with Gasteiger partial charge in [-0.3, -0.25) is 4.79 Å². The molecule has 1 atom stereocenters. The second-order valence-electron chi connectivity index (χ2n) is 4.84. The van der Waals surface area contributed by atoms with Crippen molar-refractivity contribution in [2.24, 2.45) is 0 Å². The number of benzene rings is 1. The maximum Gasteiger partial charge on any atom is 0.319 e. The molecule has 5 nitrogen and oxygen atoms in total. The summed E-state index contributed by atoms with van der Waals surface area (Å²) in [6, 6.07) is 5.09. The van der Waals surface area contributed by atoms with Crippen molar-refractivity contribution in [2.75, 3.05) is 11.9 Å². The Morgan fingerprint density at radius 3 is 2.95 bits per heavy atom. The van der Waals surface area contributed by atoms with Crippen molar-refractivity contribution < 1.29 is 18.4 Å². The van der Waals surface area contributed by atoms with Crippen LogP contribution in [0.2, 0.25) is 0 Å². The summed E-state index contributed by atoms with van der Waals surface area (Å²) in [5, 5.41) is 7.88. The van der Waals surface area contributed by atoms with Crippen LogP contribution in [0.3, 0.4) is 0 Å². The summed E-state index contributed by atoms with van der Waals surface area (Å²) >= 11 is 0.409. The van der Waals surface area contributed by atoms with Gasteiger partial charge in [0.05, 0.1) is 0 Å². The van der Waals surface area contributed by atoms with Crippen LogP contribution in [-0.2, 0) is 4.79 Å². The summed E-state index contributed by atoms with van der Waals surface area (Å²) < 4.78 is 24.6. The van der Waals surface area contributed by atoms with E-state index in [0.29, 0.717) is 35.3 Å². The molecule has 8 heteroatoms. The normalized spacial score (nSPS) is 18.5. The minimum atomic E-state index is -2.52. The third-order valence-corrected chi connectivity index (χ3v) is 3.86. The lowest BCUT2D eigenvalue weighted by Gasteiger charge is -2.16. The van der Waals surface area contributed by atoms with E-state index in [9.17, 15) is 18.4 Å². The van der Waals surface area contributed by atoms with E-state index in [1.54, 1.807) is 18.2 Å². The molecule has 1 aromatic carbocycles. The molecule has 0 aliphatic carbocycles. The number of anilines is 1. The van der Waals surface area contributed by atoms with E-state index >= 15 is 0 Å². The van der Waals surface area contributed by atoms with E-state index < -0.39 is 17.8 Å². The smallest absolute Gasteiger partial charge is 0.319 e. The van der Waals surface area contributed by atoms with Crippen molar-refractivity contribution in [2.45, 2.75) is 36.0 Å². The number of nitrogens with one attached hydrogen (secondary N) is 3. The molecule has 0 radical (unpaired) electrons. The molecule has 0 saturated carbocycles. The van der Waals surface area contributed by atoms with Crippen LogP contribution < -0.4 is 16.0 Å². The zero-order valence-corrected chi connectivity index (χ0v) is 12.6. The summed E-state index contributed by atoms with van der Waals surface area (Å²) in [4.78, 5) is 24.0. The highest BCUT2D eigenvalue weighted by Gasteiger charge is 2.22. The highest BCUT2D eigenvalue weighted by atomic mass is 32.2. The standard InChI is InChI=1S/C14H17F2N3O2S/c15-13(16)22-10-5-3-4-9(8-10)18-14(21)19-11-6-1-2-7-17-12(11)20/h3-5,8,11,13H,1-2,6-7H2,(H,17,20)(H2,18,19,21)/t11-/m0/s1. The largest absolute Gasteiger partial charge is 0.354 e. The Morgan fingerprint density at radius 1 is 1.36 bits per heavy atom. The number of thioether (sulfide) groups is 1. The van der Waals surface area contributed by atoms with Crippen molar-refractivity contribution in [3.8, 4) is 0 Å². The van der Waals surface area contributed by atoms with Crippen molar-refractivity contribution in [1.82, 2.24) is 10.6 Å². The SMILES string of the molecule is O=C(Nc1cccc(SC(F)F)c1)N[C@H]1CCCCNC1=O. The van der Waals surface area contributed by atoms with Crippen LogP contribution in [0.25, 0.3) is 0 Å². The molecule has 3 N–H and O–H groups in total. The molecule has 1 saturated heterocycles. The molecular formula is C14H17F2N3O2S. The van der Waals surface area contributed by atoms with Gasteiger partial charge < -0.3 is 16.0 Å². The molecular weight excluding hydrogens is 312 g/mol. The van der Waals surface area contributed by atoms with Crippen molar-refractivity contribution in [3.05, 3.63) is 24.3 Å². The highest BCUT2D eigenvalue weighted by molar-refractivity contribution is 7.99. The number of rotatable bonds is 4. The van der Waals surface area contributed by atoms with E-state index in [2.05, 4.69) is 16.0 Å². The Morgan fingerprint density at radius 2 is 2.18 bits per heavy atom. The van der Waals surface area contributed by atoms with Gasteiger partial charge in [0.25, 0.3) is 5.76 Å². The third kappa shape index (κ3) is 5.18. The number of urea groups is 1. The van der Waals surface area contributed by atoms with Gasteiger partial charge in [0.2, 0.25) is 5.91 Å². The number of carbonyl (C=O) groups is 2.